The van der Waals surface area contributed by atoms with Crippen molar-refractivity contribution in [2.24, 2.45) is 0 Å². The van der Waals surface area contributed by atoms with Crippen LogP contribution in [0.15, 0.2) is 0 Å². The van der Waals surface area contributed by atoms with Crippen molar-refractivity contribution in [2.45, 2.75) is 12.8 Å². The molecule has 0 radical (unpaired) electrons. The quantitative estimate of drug-likeness (QED) is 0.565. The van der Waals surface area contributed by atoms with Crippen molar-refractivity contribution in [2.75, 3.05) is 33.2 Å². The fourth-order valence-corrected chi connectivity index (χ4v) is 1.49. The predicted octanol–water partition coefficient (Wildman–Crippen LogP) is -0.261. The molecule has 0 N–H and O–H groups in total. The van der Waals surface area contributed by atoms with E-state index in [1.54, 1.807) is 11.9 Å². The number of hydrogen-bond donors (Lipinski definition) is 0. The lowest BCUT2D eigenvalue weighted by molar-refractivity contribution is -0.131. The smallest absolute Gasteiger partial charge is 0.236 e. The monoisotopic (exact) mass is 184 g/mol. The van der Waals surface area contributed by atoms with Gasteiger partial charge in [-0.1, -0.05) is 0 Å². The highest BCUT2D eigenvalue weighted by molar-refractivity contribution is 5.78. The van der Waals surface area contributed by atoms with Crippen molar-refractivity contribution in [3.63, 3.8) is 0 Å². The molecule has 1 heterocycles. The second-order valence-corrected chi connectivity index (χ2v) is 3.45. The molecular weight excluding hydrogens is 168 g/mol. The standard InChI is InChI=1S/C9H16N2O2/c1-10(6-7-12)8-9(13)11-4-2-3-5-11/h7H,2-6,8H2,1H3. The van der Waals surface area contributed by atoms with Gasteiger partial charge in [0, 0.05) is 13.1 Å². The van der Waals surface area contributed by atoms with Gasteiger partial charge in [-0.3, -0.25) is 9.69 Å². The van der Waals surface area contributed by atoms with Crippen LogP contribution in [0.2, 0.25) is 0 Å². The van der Waals surface area contributed by atoms with Crippen LogP contribution in [0.5, 0.6) is 0 Å². The van der Waals surface area contributed by atoms with Crippen molar-refractivity contribution in [1.29, 1.82) is 0 Å². The van der Waals surface area contributed by atoms with Crippen molar-refractivity contribution >= 4 is 12.2 Å². The zero-order valence-electron chi connectivity index (χ0n) is 8.03. The number of hydrogen-bond acceptors (Lipinski definition) is 3. The van der Waals surface area contributed by atoms with Gasteiger partial charge in [0.15, 0.2) is 0 Å². The van der Waals surface area contributed by atoms with Crippen molar-refractivity contribution < 1.29 is 9.59 Å². The van der Waals surface area contributed by atoms with Crippen LogP contribution in [-0.2, 0) is 9.59 Å². The number of carbonyl (C=O) groups excluding carboxylic acids is 2. The molecule has 0 unspecified atom stereocenters. The average molecular weight is 184 g/mol. The molecule has 1 aliphatic rings. The molecule has 0 saturated carbocycles. The summed E-state index contributed by atoms with van der Waals surface area (Å²) in [6.45, 7) is 2.46. The molecule has 4 heteroatoms. The van der Waals surface area contributed by atoms with Gasteiger partial charge in [-0.05, 0) is 19.9 Å². The lowest BCUT2D eigenvalue weighted by atomic mass is 10.4. The zero-order valence-corrected chi connectivity index (χ0v) is 8.03. The van der Waals surface area contributed by atoms with E-state index in [0.29, 0.717) is 13.1 Å². The summed E-state index contributed by atoms with van der Waals surface area (Å²) in [5.41, 5.74) is 0. The number of carbonyl (C=O) groups is 2. The van der Waals surface area contributed by atoms with Gasteiger partial charge in [-0.2, -0.15) is 0 Å². The molecule has 0 aromatic carbocycles. The van der Waals surface area contributed by atoms with Crippen molar-refractivity contribution in [3.8, 4) is 0 Å². The minimum atomic E-state index is 0.141. The minimum absolute atomic E-state index is 0.141. The highest BCUT2D eigenvalue weighted by atomic mass is 16.2. The fourth-order valence-electron chi connectivity index (χ4n) is 1.49. The molecule has 0 aromatic heterocycles. The molecule has 1 fully saturated rings. The van der Waals surface area contributed by atoms with E-state index in [2.05, 4.69) is 0 Å². The third kappa shape index (κ3) is 3.14. The SMILES string of the molecule is CN(CC=O)CC(=O)N1CCCC1. The van der Waals surface area contributed by atoms with E-state index in [0.717, 1.165) is 32.2 Å². The Morgan fingerprint density at radius 3 is 2.62 bits per heavy atom. The number of aldehydes is 1. The van der Waals surface area contributed by atoms with Crippen LogP contribution in [0.1, 0.15) is 12.8 Å². The number of likely N-dealkylation sites (tertiary alicyclic amines) is 1. The second kappa shape index (κ2) is 4.97. The molecule has 74 valence electrons. The van der Waals surface area contributed by atoms with Crippen LogP contribution in [0.3, 0.4) is 0 Å². The first kappa shape index (κ1) is 10.2. The number of rotatable bonds is 4. The number of nitrogens with zero attached hydrogens (tertiary/aromatic N) is 2. The van der Waals surface area contributed by atoms with E-state index in [4.69, 9.17) is 0 Å². The first-order valence-corrected chi connectivity index (χ1v) is 4.64. The summed E-state index contributed by atoms with van der Waals surface area (Å²) in [6.07, 6.45) is 3.05. The lowest BCUT2D eigenvalue weighted by Gasteiger charge is -2.19. The maximum atomic E-state index is 11.5. The molecule has 1 rings (SSSR count). The third-order valence-corrected chi connectivity index (χ3v) is 2.25. The molecule has 4 nitrogen and oxygen atoms in total. The maximum Gasteiger partial charge on any atom is 0.236 e. The molecule has 0 aromatic rings. The Balaban J connectivity index is 2.26. The first-order valence-electron chi connectivity index (χ1n) is 4.64. The van der Waals surface area contributed by atoms with Crippen LogP contribution < -0.4 is 0 Å². The van der Waals surface area contributed by atoms with Crippen molar-refractivity contribution in [3.05, 3.63) is 0 Å². The zero-order chi connectivity index (χ0) is 9.68. The van der Waals surface area contributed by atoms with Gasteiger partial charge in [-0.25, -0.2) is 0 Å². The Morgan fingerprint density at radius 2 is 2.08 bits per heavy atom. The first-order chi connectivity index (χ1) is 6.24. The Morgan fingerprint density at radius 1 is 1.46 bits per heavy atom. The Hall–Kier alpha value is -0.900. The normalized spacial score (nSPS) is 16.6. The molecule has 0 aliphatic carbocycles. The summed E-state index contributed by atoms with van der Waals surface area (Å²) >= 11 is 0. The lowest BCUT2D eigenvalue weighted by Crippen LogP contribution is -2.37. The van der Waals surface area contributed by atoms with Crippen LogP contribution >= 0.6 is 0 Å². The van der Waals surface area contributed by atoms with Gasteiger partial charge < -0.3 is 9.69 Å². The predicted molar refractivity (Wildman–Crippen MR) is 49.4 cm³/mol. The fraction of sp³-hybridized carbons (Fsp3) is 0.778. The summed E-state index contributed by atoms with van der Waals surface area (Å²) in [5, 5.41) is 0. The number of likely N-dealkylation sites (N-methyl/N-ethyl adjacent to an activating group) is 1. The molecule has 1 aliphatic heterocycles. The summed E-state index contributed by atoms with van der Waals surface area (Å²) in [4.78, 5) is 25.2. The maximum absolute atomic E-state index is 11.5. The van der Waals surface area contributed by atoms with E-state index < -0.39 is 0 Å². The summed E-state index contributed by atoms with van der Waals surface area (Å²) < 4.78 is 0. The van der Waals surface area contributed by atoms with E-state index >= 15 is 0 Å². The van der Waals surface area contributed by atoms with E-state index in [-0.39, 0.29) is 5.91 Å². The summed E-state index contributed by atoms with van der Waals surface area (Å²) in [5.74, 6) is 0.141. The van der Waals surface area contributed by atoms with Crippen LogP contribution in [0.4, 0.5) is 0 Å². The van der Waals surface area contributed by atoms with E-state index in [1.807, 2.05) is 4.90 Å². The van der Waals surface area contributed by atoms with Gasteiger partial charge in [-0.15, -0.1) is 0 Å². The minimum Gasteiger partial charge on any atom is -0.342 e. The Kier molecular flexibility index (Phi) is 3.89. The van der Waals surface area contributed by atoms with Gasteiger partial charge >= 0.3 is 0 Å². The average Bonchev–Trinajstić information content (AvgIpc) is 2.55. The topological polar surface area (TPSA) is 40.6 Å². The molecule has 0 atom stereocenters. The Labute approximate surface area is 78.5 Å². The van der Waals surface area contributed by atoms with Gasteiger partial charge in [0.25, 0.3) is 0 Å². The number of amides is 1. The highest BCUT2D eigenvalue weighted by Gasteiger charge is 2.18. The molecule has 13 heavy (non-hydrogen) atoms. The van der Waals surface area contributed by atoms with Crippen LogP contribution in [0, 0.1) is 0 Å². The summed E-state index contributed by atoms with van der Waals surface area (Å²) in [6, 6.07) is 0. The molecule has 0 spiro atoms. The second-order valence-electron chi connectivity index (χ2n) is 3.45. The van der Waals surface area contributed by atoms with Crippen LogP contribution in [-0.4, -0.2) is 55.2 Å². The van der Waals surface area contributed by atoms with Crippen LogP contribution in [0.25, 0.3) is 0 Å². The highest BCUT2D eigenvalue weighted by Crippen LogP contribution is 2.07. The van der Waals surface area contributed by atoms with Gasteiger partial charge in [0.2, 0.25) is 5.91 Å². The van der Waals surface area contributed by atoms with E-state index in [9.17, 15) is 9.59 Å². The largest absolute Gasteiger partial charge is 0.342 e. The molecular formula is C9H16N2O2. The third-order valence-electron chi connectivity index (χ3n) is 2.25. The summed E-state index contributed by atoms with van der Waals surface area (Å²) in [7, 11) is 1.78. The molecule has 1 saturated heterocycles. The van der Waals surface area contributed by atoms with Gasteiger partial charge in [0.1, 0.15) is 6.29 Å². The van der Waals surface area contributed by atoms with Crippen molar-refractivity contribution in [1.82, 2.24) is 9.80 Å². The molecule has 0 bridgehead atoms. The van der Waals surface area contributed by atoms with Gasteiger partial charge in [0.05, 0.1) is 13.1 Å². The Bertz CT molecular complexity index is 188. The molecule has 1 amide bonds. The van der Waals surface area contributed by atoms with E-state index in [1.165, 1.54) is 0 Å².